The van der Waals surface area contributed by atoms with Gasteiger partial charge in [-0.3, -0.25) is 4.79 Å². The maximum atomic E-state index is 12.6. The average Bonchev–Trinajstić information content (AvgIpc) is 3.16. The molecule has 0 saturated heterocycles. The Balaban J connectivity index is 1.73. The minimum absolute atomic E-state index is 0.0566. The predicted octanol–water partition coefficient (Wildman–Crippen LogP) is 1.74. The monoisotopic (exact) mass is 421 g/mol. The Kier molecular flexibility index (Phi) is 7.68. The fraction of sp³-hybridized carbons (Fsp3) is 0.500. The van der Waals surface area contributed by atoms with E-state index >= 15 is 0 Å². The smallest absolute Gasteiger partial charge is 0.253 e. The third-order valence-electron chi connectivity index (χ3n) is 4.59. The number of rotatable bonds is 10. The van der Waals surface area contributed by atoms with Gasteiger partial charge in [0.25, 0.3) is 5.56 Å². The number of nitrogens with one attached hydrogen (secondary N) is 2. The van der Waals surface area contributed by atoms with E-state index in [0.29, 0.717) is 67.0 Å². The van der Waals surface area contributed by atoms with Gasteiger partial charge in [-0.25, -0.2) is 0 Å². The molecule has 0 radical (unpaired) electrons. The summed E-state index contributed by atoms with van der Waals surface area (Å²) >= 11 is 5.51. The maximum absolute atomic E-state index is 12.6. The van der Waals surface area contributed by atoms with Gasteiger partial charge in [-0.15, -0.1) is 0 Å². The van der Waals surface area contributed by atoms with E-state index < -0.39 is 0 Å². The SMILES string of the molecule is CCOCCCNC(=S)N(CCCO)Cc1cc2cc3c(cc2[nH]c1=O)OCO3. The second kappa shape index (κ2) is 10.4. The number of aromatic nitrogens is 1. The van der Waals surface area contributed by atoms with Gasteiger partial charge in [-0.05, 0) is 44.1 Å². The lowest BCUT2D eigenvalue weighted by atomic mass is 10.1. The normalized spacial score (nSPS) is 12.3. The summed E-state index contributed by atoms with van der Waals surface area (Å²) in [7, 11) is 0. The quantitative estimate of drug-likeness (QED) is 0.394. The topological polar surface area (TPSA) is 96.1 Å². The number of hydrogen-bond donors (Lipinski definition) is 3. The standard InChI is InChI=1S/C20H27N3O5S/c1-2-26-8-3-5-21-20(29)23(6-4-7-24)12-15-9-14-10-17-18(28-13-27-17)11-16(14)22-19(15)25/h9-11,24H,2-8,12-13H2,1H3,(H,21,29)(H,22,25). The number of ether oxygens (including phenoxy) is 3. The summed E-state index contributed by atoms with van der Waals surface area (Å²) in [5.41, 5.74) is 1.11. The molecule has 1 aliphatic rings. The van der Waals surface area contributed by atoms with Crippen LogP contribution in [0.25, 0.3) is 10.9 Å². The van der Waals surface area contributed by atoms with Crippen molar-refractivity contribution in [2.24, 2.45) is 0 Å². The van der Waals surface area contributed by atoms with Gasteiger partial charge >= 0.3 is 0 Å². The van der Waals surface area contributed by atoms with E-state index in [1.165, 1.54) is 0 Å². The molecule has 8 nitrogen and oxygen atoms in total. The van der Waals surface area contributed by atoms with Crippen LogP contribution >= 0.6 is 12.2 Å². The fourth-order valence-corrected chi connectivity index (χ4v) is 3.36. The van der Waals surface area contributed by atoms with Crippen LogP contribution in [0.15, 0.2) is 23.0 Å². The van der Waals surface area contributed by atoms with Gasteiger partial charge in [-0.2, -0.15) is 0 Å². The van der Waals surface area contributed by atoms with Crippen molar-refractivity contribution in [3.8, 4) is 11.5 Å². The van der Waals surface area contributed by atoms with Crippen molar-refractivity contribution >= 4 is 28.2 Å². The zero-order valence-electron chi connectivity index (χ0n) is 16.5. The number of hydrogen-bond acceptors (Lipinski definition) is 6. The van der Waals surface area contributed by atoms with Crippen molar-refractivity contribution in [3.63, 3.8) is 0 Å². The van der Waals surface area contributed by atoms with Crippen LogP contribution in [0.3, 0.4) is 0 Å². The number of thiocarbonyl (C=S) groups is 1. The first-order chi connectivity index (χ1) is 14.1. The van der Waals surface area contributed by atoms with Crippen molar-refractivity contribution in [3.05, 3.63) is 34.1 Å². The molecular weight excluding hydrogens is 394 g/mol. The lowest BCUT2D eigenvalue weighted by Gasteiger charge is -2.25. The molecule has 0 unspecified atom stereocenters. The molecule has 1 aliphatic heterocycles. The number of aromatic amines is 1. The van der Waals surface area contributed by atoms with E-state index in [0.717, 1.165) is 11.8 Å². The molecular formula is C20H27N3O5S. The third-order valence-corrected chi connectivity index (χ3v) is 5.00. The molecule has 0 atom stereocenters. The zero-order valence-corrected chi connectivity index (χ0v) is 17.3. The molecule has 0 saturated carbocycles. The van der Waals surface area contributed by atoms with Crippen molar-refractivity contribution in [1.82, 2.24) is 15.2 Å². The van der Waals surface area contributed by atoms with Crippen LogP contribution < -0.4 is 20.3 Å². The van der Waals surface area contributed by atoms with Gasteiger partial charge in [0.05, 0.1) is 12.1 Å². The summed E-state index contributed by atoms with van der Waals surface area (Å²) in [5, 5.41) is 13.8. The number of H-pyrrole nitrogens is 1. The van der Waals surface area contributed by atoms with Crippen LogP contribution in [-0.2, 0) is 11.3 Å². The number of pyridine rings is 1. The Bertz CT molecular complexity index is 902. The molecule has 3 N–H and O–H groups in total. The number of aliphatic hydroxyl groups is 1. The highest BCUT2D eigenvalue weighted by Gasteiger charge is 2.17. The molecule has 0 fully saturated rings. The molecule has 2 heterocycles. The van der Waals surface area contributed by atoms with Gasteiger partial charge in [0.1, 0.15) is 0 Å². The van der Waals surface area contributed by atoms with E-state index in [-0.39, 0.29) is 19.0 Å². The molecule has 0 amide bonds. The van der Waals surface area contributed by atoms with E-state index in [9.17, 15) is 9.90 Å². The molecule has 3 rings (SSSR count). The average molecular weight is 422 g/mol. The summed E-state index contributed by atoms with van der Waals surface area (Å²) < 4.78 is 16.1. The Labute approximate surface area is 174 Å². The predicted molar refractivity (Wildman–Crippen MR) is 115 cm³/mol. The lowest BCUT2D eigenvalue weighted by Crippen LogP contribution is -2.41. The van der Waals surface area contributed by atoms with Gasteiger partial charge in [0, 0.05) is 49.9 Å². The van der Waals surface area contributed by atoms with Crippen LogP contribution in [0, 0.1) is 0 Å². The third kappa shape index (κ3) is 5.59. The highest BCUT2D eigenvalue weighted by Crippen LogP contribution is 2.35. The van der Waals surface area contributed by atoms with Crippen LogP contribution in [0.4, 0.5) is 0 Å². The minimum atomic E-state index is -0.176. The number of benzene rings is 1. The second-order valence-corrected chi connectivity index (χ2v) is 7.08. The van der Waals surface area contributed by atoms with Crippen LogP contribution in [0.2, 0.25) is 0 Å². The van der Waals surface area contributed by atoms with Crippen molar-refractivity contribution in [2.75, 3.05) is 39.7 Å². The van der Waals surface area contributed by atoms with Crippen LogP contribution in [0.1, 0.15) is 25.3 Å². The summed E-state index contributed by atoms with van der Waals surface area (Å²) in [6.45, 7) is 5.14. The van der Waals surface area contributed by atoms with Gasteiger partial charge in [0.2, 0.25) is 6.79 Å². The largest absolute Gasteiger partial charge is 0.454 e. The number of nitrogens with zero attached hydrogens (tertiary/aromatic N) is 1. The molecule has 1 aromatic heterocycles. The first-order valence-electron chi connectivity index (χ1n) is 9.79. The molecule has 29 heavy (non-hydrogen) atoms. The highest BCUT2D eigenvalue weighted by molar-refractivity contribution is 7.80. The molecule has 1 aromatic carbocycles. The Hall–Kier alpha value is -2.36. The van der Waals surface area contributed by atoms with Crippen molar-refractivity contribution < 1.29 is 19.3 Å². The van der Waals surface area contributed by atoms with E-state index in [4.69, 9.17) is 26.4 Å². The van der Waals surface area contributed by atoms with Crippen molar-refractivity contribution in [1.29, 1.82) is 0 Å². The van der Waals surface area contributed by atoms with Gasteiger partial charge in [-0.1, -0.05) is 0 Å². The first-order valence-corrected chi connectivity index (χ1v) is 10.2. The summed E-state index contributed by atoms with van der Waals surface area (Å²) in [5.74, 6) is 1.29. The van der Waals surface area contributed by atoms with Crippen molar-refractivity contribution in [2.45, 2.75) is 26.3 Å². The fourth-order valence-electron chi connectivity index (χ4n) is 3.10. The minimum Gasteiger partial charge on any atom is -0.454 e. The lowest BCUT2D eigenvalue weighted by molar-refractivity contribution is 0.145. The summed E-state index contributed by atoms with van der Waals surface area (Å²) in [6, 6.07) is 5.48. The zero-order chi connectivity index (χ0) is 20.6. The van der Waals surface area contributed by atoms with E-state index in [1.54, 1.807) is 6.07 Å². The van der Waals surface area contributed by atoms with E-state index in [1.807, 2.05) is 24.0 Å². The maximum Gasteiger partial charge on any atom is 0.253 e. The number of fused-ring (bicyclic) bond motifs is 2. The summed E-state index contributed by atoms with van der Waals surface area (Å²) in [4.78, 5) is 17.4. The van der Waals surface area contributed by atoms with Crippen LogP contribution in [0.5, 0.6) is 11.5 Å². The molecule has 9 heteroatoms. The summed E-state index contributed by atoms with van der Waals surface area (Å²) in [6.07, 6.45) is 1.40. The van der Waals surface area contributed by atoms with E-state index in [2.05, 4.69) is 10.3 Å². The first kappa shape index (κ1) is 21.4. The second-order valence-electron chi connectivity index (χ2n) is 6.70. The number of aliphatic hydroxyl groups excluding tert-OH is 1. The Morgan fingerprint density at radius 2 is 2.10 bits per heavy atom. The Morgan fingerprint density at radius 1 is 1.31 bits per heavy atom. The van der Waals surface area contributed by atoms with Gasteiger partial charge < -0.3 is 34.5 Å². The molecule has 0 aliphatic carbocycles. The molecule has 0 spiro atoms. The molecule has 0 bridgehead atoms. The molecule has 158 valence electrons. The Morgan fingerprint density at radius 3 is 2.86 bits per heavy atom. The molecule has 2 aromatic rings. The van der Waals surface area contributed by atoms with Gasteiger partial charge in [0.15, 0.2) is 16.6 Å². The highest BCUT2D eigenvalue weighted by atomic mass is 32.1. The van der Waals surface area contributed by atoms with Crippen LogP contribution in [-0.4, -0.2) is 59.8 Å².